The van der Waals surface area contributed by atoms with E-state index >= 15 is 0 Å². The Hall–Kier alpha value is -1.77. The third-order valence-corrected chi connectivity index (χ3v) is 3.30. The van der Waals surface area contributed by atoms with Gasteiger partial charge in [0, 0.05) is 18.8 Å². The Morgan fingerprint density at radius 2 is 1.95 bits per heavy atom. The molecule has 0 atom stereocenters. The monoisotopic (exact) mass is 260 g/mol. The normalized spacial score (nSPS) is 11.1. The molecule has 2 N–H and O–H groups in total. The molecule has 1 rings (SSSR count). The van der Waals surface area contributed by atoms with Gasteiger partial charge in [0.1, 0.15) is 0 Å². The first-order chi connectivity index (χ1) is 8.93. The smallest absolute Gasteiger partial charge is 0.232 e. The average Bonchev–Trinajstić information content (AvgIpc) is 2.38. The van der Waals surface area contributed by atoms with Gasteiger partial charge in [-0.2, -0.15) is 0 Å². The molecule has 1 aromatic carbocycles. The van der Waals surface area contributed by atoms with Crippen LogP contribution in [-0.4, -0.2) is 23.9 Å². The first-order valence-electron chi connectivity index (χ1n) is 6.69. The predicted octanol–water partition coefficient (Wildman–Crippen LogP) is 2.97. The SMILES string of the molecule is C=CCN(CCC)C(=O)C(C)(C)c1ccc(N)cc1. The molecule has 3 heteroatoms. The van der Waals surface area contributed by atoms with Crippen molar-refractivity contribution in [1.82, 2.24) is 4.90 Å². The van der Waals surface area contributed by atoms with Gasteiger partial charge in [0.05, 0.1) is 5.41 Å². The van der Waals surface area contributed by atoms with Crippen molar-refractivity contribution in [2.24, 2.45) is 0 Å². The number of benzene rings is 1. The minimum atomic E-state index is -0.550. The van der Waals surface area contributed by atoms with Crippen molar-refractivity contribution in [2.75, 3.05) is 18.8 Å². The summed E-state index contributed by atoms with van der Waals surface area (Å²) in [6.07, 6.45) is 2.71. The topological polar surface area (TPSA) is 46.3 Å². The van der Waals surface area contributed by atoms with Crippen LogP contribution < -0.4 is 5.73 Å². The molecule has 0 unspecified atom stereocenters. The molecule has 0 saturated carbocycles. The number of carbonyl (C=O) groups excluding carboxylic acids is 1. The van der Waals surface area contributed by atoms with Crippen LogP contribution in [-0.2, 0) is 10.2 Å². The lowest BCUT2D eigenvalue weighted by atomic mass is 9.83. The highest BCUT2D eigenvalue weighted by atomic mass is 16.2. The third-order valence-electron chi connectivity index (χ3n) is 3.30. The zero-order valence-corrected chi connectivity index (χ0v) is 12.1. The van der Waals surface area contributed by atoms with E-state index in [1.54, 1.807) is 6.08 Å². The van der Waals surface area contributed by atoms with E-state index in [1.807, 2.05) is 43.0 Å². The van der Waals surface area contributed by atoms with Gasteiger partial charge in [0.25, 0.3) is 0 Å². The van der Waals surface area contributed by atoms with Crippen LogP contribution in [0.4, 0.5) is 5.69 Å². The Bertz CT molecular complexity index is 435. The largest absolute Gasteiger partial charge is 0.399 e. The molecule has 104 valence electrons. The molecule has 0 radical (unpaired) electrons. The summed E-state index contributed by atoms with van der Waals surface area (Å²) in [4.78, 5) is 14.5. The van der Waals surface area contributed by atoms with E-state index in [1.165, 1.54) is 0 Å². The number of hydrogen-bond donors (Lipinski definition) is 1. The van der Waals surface area contributed by atoms with Crippen LogP contribution >= 0.6 is 0 Å². The van der Waals surface area contributed by atoms with Gasteiger partial charge in [-0.15, -0.1) is 6.58 Å². The molecule has 3 nitrogen and oxygen atoms in total. The number of anilines is 1. The van der Waals surface area contributed by atoms with E-state index < -0.39 is 5.41 Å². The summed E-state index contributed by atoms with van der Waals surface area (Å²) in [6, 6.07) is 7.51. The maximum Gasteiger partial charge on any atom is 0.232 e. The van der Waals surface area contributed by atoms with Gasteiger partial charge in [-0.25, -0.2) is 0 Å². The Morgan fingerprint density at radius 3 is 2.42 bits per heavy atom. The summed E-state index contributed by atoms with van der Waals surface area (Å²) in [5.41, 5.74) is 6.84. The molecule has 0 aliphatic heterocycles. The summed E-state index contributed by atoms with van der Waals surface area (Å²) in [5.74, 6) is 0.124. The van der Waals surface area contributed by atoms with E-state index in [0.717, 1.165) is 18.5 Å². The molecule has 0 aliphatic carbocycles. The highest BCUT2D eigenvalue weighted by molar-refractivity contribution is 5.87. The van der Waals surface area contributed by atoms with E-state index in [9.17, 15) is 4.79 Å². The predicted molar refractivity (Wildman–Crippen MR) is 80.9 cm³/mol. The lowest BCUT2D eigenvalue weighted by Crippen LogP contribution is -2.43. The Labute approximate surface area is 116 Å². The van der Waals surface area contributed by atoms with Gasteiger partial charge in [-0.1, -0.05) is 25.1 Å². The van der Waals surface area contributed by atoms with Crippen LogP contribution in [0.25, 0.3) is 0 Å². The first-order valence-corrected chi connectivity index (χ1v) is 6.69. The van der Waals surface area contributed by atoms with Gasteiger partial charge < -0.3 is 10.6 Å². The lowest BCUT2D eigenvalue weighted by molar-refractivity contribution is -0.135. The molecule has 0 heterocycles. The van der Waals surface area contributed by atoms with Crippen LogP contribution in [0.5, 0.6) is 0 Å². The number of nitrogens with two attached hydrogens (primary N) is 1. The molecule has 19 heavy (non-hydrogen) atoms. The standard InChI is InChI=1S/C16H24N2O/c1-5-11-18(12-6-2)15(19)16(3,4)13-7-9-14(17)10-8-13/h5,7-10H,1,6,11-12,17H2,2-4H3. The molecule has 0 aliphatic rings. The minimum Gasteiger partial charge on any atom is -0.399 e. The number of nitrogens with zero attached hydrogens (tertiary/aromatic N) is 1. The van der Waals surface area contributed by atoms with Gasteiger partial charge >= 0.3 is 0 Å². The highest BCUT2D eigenvalue weighted by Gasteiger charge is 2.32. The summed E-state index contributed by atoms with van der Waals surface area (Å²) in [7, 11) is 0. The fourth-order valence-corrected chi connectivity index (χ4v) is 2.12. The summed E-state index contributed by atoms with van der Waals surface area (Å²) < 4.78 is 0. The van der Waals surface area contributed by atoms with Crippen LogP contribution in [0, 0.1) is 0 Å². The van der Waals surface area contributed by atoms with Gasteiger partial charge in [0.2, 0.25) is 5.91 Å². The van der Waals surface area contributed by atoms with Gasteiger partial charge in [0.15, 0.2) is 0 Å². The molecule has 0 aromatic heterocycles. The molecule has 0 saturated heterocycles. The summed E-state index contributed by atoms with van der Waals surface area (Å²) in [6.45, 7) is 11.0. The fraction of sp³-hybridized carbons (Fsp3) is 0.438. The molecular formula is C16H24N2O. The molecule has 1 amide bonds. The number of rotatable bonds is 6. The quantitative estimate of drug-likeness (QED) is 0.631. The average molecular weight is 260 g/mol. The van der Waals surface area contributed by atoms with Crippen LogP contribution in [0.1, 0.15) is 32.8 Å². The summed E-state index contributed by atoms with van der Waals surface area (Å²) >= 11 is 0. The molecule has 1 aromatic rings. The Balaban J connectivity index is 2.99. The van der Waals surface area contributed by atoms with Crippen molar-refractivity contribution in [3.8, 4) is 0 Å². The Kier molecular flexibility index (Phi) is 5.16. The van der Waals surface area contributed by atoms with E-state index in [-0.39, 0.29) is 5.91 Å². The van der Waals surface area contributed by atoms with Gasteiger partial charge in [-0.3, -0.25) is 4.79 Å². The molecule has 0 fully saturated rings. The maximum atomic E-state index is 12.7. The second kappa shape index (κ2) is 6.41. The third kappa shape index (κ3) is 3.60. The van der Waals surface area contributed by atoms with E-state index in [0.29, 0.717) is 12.2 Å². The van der Waals surface area contributed by atoms with Crippen molar-refractivity contribution < 1.29 is 4.79 Å². The zero-order valence-electron chi connectivity index (χ0n) is 12.1. The zero-order chi connectivity index (χ0) is 14.5. The maximum absolute atomic E-state index is 12.7. The highest BCUT2D eigenvalue weighted by Crippen LogP contribution is 2.26. The van der Waals surface area contributed by atoms with Crippen molar-refractivity contribution in [2.45, 2.75) is 32.6 Å². The van der Waals surface area contributed by atoms with E-state index in [4.69, 9.17) is 5.73 Å². The van der Waals surface area contributed by atoms with Gasteiger partial charge in [-0.05, 0) is 38.0 Å². The van der Waals surface area contributed by atoms with Crippen LogP contribution in [0.3, 0.4) is 0 Å². The molecular weight excluding hydrogens is 236 g/mol. The molecule has 0 spiro atoms. The van der Waals surface area contributed by atoms with Crippen molar-refractivity contribution in [3.05, 3.63) is 42.5 Å². The minimum absolute atomic E-state index is 0.124. The fourth-order valence-electron chi connectivity index (χ4n) is 2.12. The number of hydrogen-bond acceptors (Lipinski definition) is 2. The number of carbonyl (C=O) groups is 1. The Morgan fingerprint density at radius 1 is 1.37 bits per heavy atom. The second-order valence-electron chi connectivity index (χ2n) is 5.29. The van der Waals surface area contributed by atoms with Crippen LogP contribution in [0.15, 0.2) is 36.9 Å². The first kappa shape index (κ1) is 15.3. The van der Waals surface area contributed by atoms with Crippen molar-refractivity contribution >= 4 is 11.6 Å². The number of amides is 1. The van der Waals surface area contributed by atoms with Crippen molar-refractivity contribution in [3.63, 3.8) is 0 Å². The van der Waals surface area contributed by atoms with Crippen molar-refractivity contribution in [1.29, 1.82) is 0 Å². The molecule has 0 bridgehead atoms. The second-order valence-corrected chi connectivity index (χ2v) is 5.29. The van der Waals surface area contributed by atoms with Crippen LogP contribution in [0.2, 0.25) is 0 Å². The lowest BCUT2D eigenvalue weighted by Gasteiger charge is -2.31. The number of nitrogen functional groups attached to an aromatic ring is 1. The van der Waals surface area contributed by atoms with E-state index in [2.05, 4.69) is 13.5 Å². The summed E-state index contributed by atoms with van der Waals surface area (Å²) in [5, 5.41) is 0.